The molecule has 0 unspecified atom stereocenters. The Bertz CT molecular complexity index is 1290. The predicted molar refractivity (Wildman–Crippen MR) is 134 cm³/mol. The normalized spacial score (nSPS) is 12.0. The summed E-state index contributed by atoms with van der Waals surface area (Å²) in [6.45, 7) is 15.5. The zero-order valence-electron chi connectivity index (χ0n) is 20.6. The summed E-state index contributed by atoms with van der Waals surface area (Å²) in [5, 5.41) is 2.48. The standard InChI is InChI=1S/C29H34N3/c1-18(2)28-30-16-23(17-31-28)21-9-10-25-22(14-21)11-12-32(8)27(25)26-15-24(29(5,6)7)13-19(3)20(26)4/h9-18H,1-8H3/q+1. The van der Waals surface area contributed by atoms with E-state index in [0.29, 0.717) is 5.92 Å². The number of hydrogen-bond acceptors (Lipinski definition) is 2. The van der Waals surface area contributed by atoms with Gasteiger partial charge in [-0.15, -0.1) is 0 Å². The quantitative estimate of drug-likeness (QED) is 0.338. The van der Waals surface area contributed by atoms with Crippen LogP contribution in [-0.4, -0.2) is 9.97 Å². The van der Waals surface area contributed by atoms with Crippen LogP contribution in [0.25, 0.3) is 33.2 Å². The van der Waals surface area contributed by atoms with E-state index in [1.54, 1.807) is 0 Å². The molecule has 2 heterocycles. The van der Waals surface area contributed by atoms with Crippen LogP contribution in [0.5, 0.6) is 0 Å². The van der Waals surface area contributed by atoms with Gasteiger partial charge in [-0.05, 0) is 65.1 Å². The van der Waals surface area contributed by atoms with Crippen LogP contribution >= 0.6 is 0 Å². The van der Waals surface area contributed by atoms with Crippen LogP contribution in [0.4, 0.5) is 0 Å². The van der Waals surface area contributed by atoms with Crippen molar-refractivity contribution in [1.82, 2.24) is 9.97 Å². The Morgan fingerprint density at radius 3 is 2.19 bits per heavy atom. The van der Waals surface area contributed by atoms with Crippen molar-refractivity contribution in [3.05, 3.63) is 77.5 Å². The molecule has 0 saturated carbocycles. The Hall–Kier alpha value is -3.07. The summed E-state index contributed by atoms with van der Waals surface area (Å²) in [7, 11) is 2.14. The van der Waals surface area contributed by atoms with Crippen molar-refractivity contribution in [3.8, 4) is 22.4 Å². The number of hydrogen-bond donors (Lipinski definition) is 0. The lowest BCUT2D eigenvalue weighted by Crippen LogP contribution is -2.31. The smallest absolute Gasteiger partial charge is 0.220 e. The van der Waals surface area contributed by atoms with Crippen LogP contribution in [0.15, 0.2) is 55.0 Å². The molecule has 2 aromatic heterocycles. The molecular formula is C29H34N3+. The van der Waals surface area contributed by atoms with E-state index in [1.165, 1.54) is 38.7 Å². The number of fused-ring (bicyclic) bond motifs is 1. The second kappa shape index (κ2) is 8.12. The first kappa shape index (κ1) is 22.1. The average Bonchev–Trinajstić information content (AvgIpc) is 2.75. The van der Waals surface area contributed by atoms with Crippen LogP contribution < -0.4 is 4.57 Å². The Kier molecular flexibility index (Phi) is 5.62. The molecule has 0 spiro atoms. The fourth-order valence-electron chi connectivity index (χ4n) is 4.21. The largest absolute Gasteiger partial charge is 0.240 e. The van der Waals surface area contributed by atoms with Crippen molar-refractivity contribution >= 4 is 10.8 Å². The third kappa shape index (κ3) is 4.04. The van der Waals surface area contributed by atoms with Gasteiger partial charge in [0.05, 0.1) is 10.9 Å². The lowest BCUT2D eigenvalue weighted by Gasteiger charge is -2.22. The van der Waals surface area contributed by atoms with Crippen molar-refractivity contribution in [2.75, 3.05) is 0 Å². The molecule has 164 valence electrons. The number of benzene rings is 2. The van der Waals surface area contributed by atoms with E-state index >= 15 is 0 Å². The van der Waals surface area contributed by atoms with Gasteiger partial charge in [0.25, 0.3) is 0 Å². The molecule has 0 aliphatic carbocycles. The summed E-state index contributed by atoms with van der Waals surface area (Å²) >= 11 is 0. The second-order valence-electron chi connectivity index (χ2n) is 10.3. The first-order chi connectivity index (χ1) is 15.1. The molecule has 4 aromatic rings. The minimum atomic E-state index is 0.103. The number of aryl methyl sites for hydroxylation is 2. The Morgan fingerprint density at radius 1 is 0.875 bits per heavy atom. The van der Waals surface area contributed by atoms with Crippen LogP contribution in [-0.2, 0) is 12.5 Å². The molecule has 0 radical (unpaired) electrons. The number of nitrogens with zero attached hydrogens (tertiary/aromatic N) is 3. The maximum absolute atomic E-state index is 4.55. The lowest BCUT2D eigenvalue weighted by atomic mass is 9.83. The zero-order chi connectivity index (χ0) is 23.2. The fraction of sp³-hybridized carbons (Fsp3) is 0.345. The van der Waals surface area contributed by atoms with Crippen LogP contribution in [0.3, 0.4) is 0 Å². The van der Waals surface area contributed by atoms with Gasteiger partial charge in [-0.3, -0.25) is 0 Å². The Balaban J connectivity index is 1.89. The maximum Gasteiger partial charge on any atom is 0.220 e. The van der Waals surface area contributed by atoms with Gasteiger partial charge in [0, 0.05) is 29.9 Å². The topological polar surface area (TPSA) is 29.7 Å². The molecule has 0 aliphatic rings. The van der Waals surface area contributed by atoms with E-state index in [1.807, 2.05) is 12.4 Å². The third-order valence-corrected chi connectivity index (χ3v) is 6.45. The highest BCUT2D eigenvalue weighted by molar-refractivity contribution is 5.96. The van der Waals surface area contributed by atoms with Crippen LogP contribution in [0.1, 0.15) is 63.1 Å². The first-order valence-corrected chi connectivity index (χ1v) is 11.4. The summed E-state index contributed by atoms with van der Waals surface area (Å²) in [6, 6.07) is 13.6. The second-order valence-corrected chi connectivity index (χ2v) is 10.3. The van der Waals surface area contributed by atoms with Gasteiger partial charge in [0.15, 0.2) is 6.20 Å². The van der Waals surface area contributed by atoms with Crippen molar-refractivity contribution in [2.24, 2.45) is 7.05 Å². The maximum atomic E-state index is 4.55. The third-order valence-electron chi connectivity index (χ3n) is 6.45. The summed E-state index contributed by atoms with van der Waals surface area (Å²) in [6.07, 6.45) is 6.04. The molecule has 2 aromatic carbocycles. The fourth-order valence-corrected chi connectivity index (χ4v) is 4.21. The highest BCUT2D eigenvalue weighted by Gasteiger charge is 2.22. The van der Waals surface area contributed by atoms with E-state index in [-0.39, 0.29) is 5.41 Å². The molecule has 32 heavy (non-hydrogen) atoms. The molecule has 0 atom stereocenters. The number of aromatic nitrogens is 3. The molecule has 0 amide bonds. The predicted octanol–water partition coefficient (Wildman–Crippen LogP) is 6.83. The van der Waals surface area contributed by atoms with Gasteiger partial charge in [0.1, 0.15) is 12.9 Å². The average molecular weight is 425 g/mol. The Labute approximate surface area is 192 Å². The van der Waals surface area contributed by atoms with Crippen molar-refractivity contribution < 1.29 is 4.57 Å². The van der Waals surface area contributed by atoms with Gasteiger partial charge in [-0.1, -0.05) is 46.8 Å². The lowest BCUT2D eigenvalue weighted by molar-refractivity contribution is -0.659. The van der Waals surface area contributed by atoms with Gasteiger partial charge >= 0.3 is 0 Å². The molecule has 0 fully saturated rings. The monoisotopic (exact) mass is 424 g/mol. The van der Waals surface area contributed by atoms with E-state index in [2.05, 4.69) is 113 Å². The van der Waals surface area contributed by atoms with Gasteiger partial charge in [0.2, 0.25) is 5.69 Å². The summed E-state index contributed by atoms with van der Waals surface area (Å²) in [5.41, 5.74) is 8.90. The first-order valence-electron chi connectivity index (χ1n) is 11.4. The highest BCUT2D eigenvalue weighted by atomic mass is 14.9. The molecule has 4 rings (SSSR count). The molecule has 3 nitrogen and oxygen atoms in total. The van der Waals surface area contributed by atoms with Gasteiger partial charge in [-0.2, -0.15) is 0 Å². The van der Waals surface area contributed by atoms with E-state index in [4.69, 9.17) is 0 Å². The van der Waals surface area contributed by atoms with E-state index in [0.717, 1.165) is 17.0 Å². The summed E-state index contributed by atoms with van der Waals surface area (Å²) in [4.78, 5) is 9.11. The van der Waals surface area contributed by atoms with Crippen molar-refractivity contribution in [2.45, 2.75) is 59.8 Å². The van der Waals surface area contributed by atoms with Crippen LogP contribution in [0, 0.1) is 13.8 Å². The van der Waals surface area contributed by atoms with E-state index in [9.17, 15) is 0 Å². The molecule has 3 heteroatoms. The summed E-state index contributed by atoms with van der Waals surface area (Å²) < 4.78 is 2.25. The van der Waals surface area contributed by atoms with Crippen molar-refractivity contribution in [3.63, 3.8) is 0 Å². The zero-order valence-corrected chi connectivity index (χ0v) is 20.6. The molecule has 0 aliphatic heterocycles. The summed E-state index contributed by atoms with van der Waals surface area (Å²) in [5.74, 6) is 1.21. The molecule has 0 N–H and O–H groups in total. The van der Waals surface area contributed by atoms with Crippen LogP contribution in [0.2, 0.25) is 0 Å². The van der Waals surface area contributed by atoms with Crippen molar-refractivity contribution in [1.29, 1.82) is 0 Å². The van der Waals surface area contributed by atoms with Gasteiger partial charge < -0.3 is 0 Å². The SMILES string of the molecule is Cc1cc(C(C)(C)C)cc(-c2c3ccc(-c4cnc(C(C)C)nc4)cc3cc[n+]2C)c1C. The number of rotatable bonds is 3. The van der Waals surface area contributed by atoms with E-state index < -0.39 is 0 Å². The Morgan fingerprint density at radius 2 is 1.56 bits per heavy atom. The minimum absolute atomic E-state index is 0.103. The molecular weight excluding hydrogens is 390 g/mol. The molecule has 0 saturated heterocycles. The minimum Gasteiger partial charge on any atom is -0.240 e. The molecule has 0 bridgehead atoms. The highest BCUT2D eigenvalue weighted by Crippen LogP contribution is 2.35. The van der Waals surface area contributed by atoms with Gasteiger partial charge in [-0.25, -0.2) is 14.5 Å². The number of pyridine rings is 1.